The summed E-state index contributed by atoms with van der Waals surface area (Å²) in [5.74, 6) is -1.02. The van der Waals surface area contributed by atoms with Crippen molar-refractivity contribution in [3.8, 4) is 17.7 Å². The van der Waals surface area contributed by atoms with E-state index in [0.717, 1.165) is 0 Å². The van der Waals surface area contributed by atoms with Crippen LogP contribution in [0.2, 0.25) is 5.02 Å². The van der Waals surface area contributed by atoms with Crippen LogP contribution in [0.3, 0.4) is 0 Å². The number of benzene rings is 1. The van der Waals surface area contributed by atoms with Crippen LogP contribution >= 0.6 is 11.6 Å². The molecule has 0 fully saturated rings. The Morgan fingerprint density at radius 2 is 2.16 bits per heavy atom. The van der Waals surface area contributed by atoms with Gasteiger partial charge in [0.1, 0.15) is 17.4 Å². The third-order valence-corrected chi connectivity index (χ3v) is 2.37. The van der Waals surface area contributed by atoms with Gasteiger partial charge in [-0.15, -0.1) is 0 Å². The molecule has 0 atom stereocenters. The second kappa shape index (κ2) is 5.33. The minimum absolute atomic E-state index is 0.0458. The minimum Gasteiger partial charge on any atom is -0.478 e. The maximum Gasteiger partial charge on any atom is 0.339 e. The Morgan fingerprint density at radius 1 is 1.37 bits per heavy atom. The van der Waals surface area contributed by atoms with Crippen molar-refractivity contribution in [1.82, 2.24) is 9.97 Å². The molecule has 6 nitrogen and oxygen atoms in total. The molecule has 0 aliphatic rings. The van der Waals surface area contributed by atoms with E-state index in [-0.39, 0.29) is 22.9 Å². The molecular weight excluding hydrogens is 270 g/mol. The van der Waals surface area contributed by atoms with Crippen LogP contribution in [0.25, 0.3) is 0 Å². The number of nitrogens with zero attached hydrogens (tertiary/aromatic N) is 3. The molecule has 7 heteroatoms. The summed E-state index contributed by atoms with van der Waals surface area (Å²) in [4.78, 5) is 18.6. The van der Waals surface area contributed by atoms with Crippen molar-refractivity contribution in [3.63, 3.8) is 0 Å². The maximum absolute atomic E-state index is 11.0. The van der Waals surface area contributed by atoms with Gasteiger partial charge in [0, 0.05) is 11.1 Å². The predicted molar refractivity (Wildman–Crippen MR) is 65.2 cm³/mol. The van der Waals surface area contributed by atoms with E-state index in [0.29, 0.717) is 5.02 Å². The van der Waals surface area contributed by atoms with E-state index in [1.807, 2.05) is 6.07 Å². The molecule has 1 aromatic carbocycles. The summed E-state index contributed by atoms with van der Waals surface area (Å²) in [6.45, 7) is 0. The molecule has 0 aliphatic heterocycles. The number of halogens is 1. The summed E-state index contributed by atoms with van der Waals surface area (Å²) < 4.78 is 5.30. The van der Waals surface area contributed by atoms with E-state index in [2.05, 4.69) is 9.97 Å². The van der Waals surface area contributed by atoms with E-state index in [9.17, 15) is 4.79 Å². The Bertz CT molecular complexity index is 665. The average molecular weight is 276 g/mol. The van der Waals surface area contributed by atoms with Gasteiger partial charge < -0.3 is 9.84 Å². The second-order valence-corrected chi connectivity index (χ2v) is 3.84. The Kier molecular flexibility index (Phi) is 3.59. The lowest BCUT2D eigenvalue weighted by molar-refractivity contribution is 0.0694. The molecule has 2 aromatic rings. The molecule has 0 aliphatic carbocycles. The van der Waals surface area contributed by atoms with Gasteiger partial charge in [-0.1, -0.05) is 11.6 Å². The number of carboxylic acids is 1. The summed E-state index contributed by atoms with van der Waals surface area (Å²) in [6.07, 6.45) is 2.45. The first kappa shape index (κ1) is 12.8. The Labute approximate surface area is 112 Å². The highest BCUT2D eigenvalue weighted by Crippen LogP contribution is 2.27. The summed E-state index contributed by atoms with van der Waals surface area (Å²) in [7, 11) is 0. The van der Waals surface area contributed by atoms with Gasteiger partial charge in [-0.25, -0.2) is 14.8 Å². The van der Waals surface area contributed by atoms with Crippen molar-refractivity contribution < 1.29 is 14.6 Å². The predicted octanol–water partition coefficient (Wildman–Crippen LogP) is 2.49. The fourth-order valence-electron chi connectivity index (χ4n) is 1.30. The highest BCUT2D eigenvalue weighted by molar-refractivity contribution is 6.30. The SMILES string of the molecule is N#Cc1cnc(Oc2cc(Cl)ccc2C(=O)O)cn1. The third-order valence-electron chi connectivity index (χ3n) is 2.13. The van der Waals surface area contributed by atoms with Crippen LogP contribution < -0.4 is 4.74 Å². The number of hydrogen-bond acceptors (Lipinski definition) is 5. The average Bonchev–Trinajstić information content (AvgIpc) is 2.39. The molecule has 0 spiro atoms. The van der Waals surface area contributed by atoms with Crippen molar-refractivity contribution in [2.75, 3.05) is 0 Å². The zero-order chi connectivity index (χ0) is 13.8. The van der Waals surface area contributed by atoms with Crippen LogP contribution in [0.4, 0.5) is 0 Å². The first-order valence-corrected chi connectivity index (χ1v) is 5.41. The van der Waals surface area contributed by atoms with Crippen LogP contribution in [0.5, 0.6) is 11.6 Å². The van der Waals surface area contributed by atoms with Crippen LogP contribution in [0, 0.1) is 11.3 Å². The monoisotopic (exact) mass is 275 g/mol. The highest BCUT2D eigenvalue weighted by atomic mass is 35.5. The highest BCUT2D eigenvalue weighted by Gasteiger charge is 2.13. The minimum atomic E-state index is -1.15. The van der Waals surface area contributed by atoms with Crippen LogP contribution in [0.15, 0.2) is 30.6 Å². The van der Waals surface area contributed by atoms with Gasteiger partial charge in [0.25, 0.3) is 0 Å². The Balaban J connectivity index is 2.34. The zero-order valence-electron chi connectivity index (χ0n) is 9.37. The second-order valence-electron chi connectivity index (χ2n) is 3.40. The molecule has 0 bridgehead atoms. The molecule has 1 heterocycles. The van der Waals surface area contributed by atoms with E-state index < -0.39 is 5.97 Å². The Hall–Kier alpha value is -2.65. The molecule has 0 radical (unpaired) electrons. The zero-order valence-corrected chi connectivity index (χ0v) is 10.1. The summed E-state index contributed by atoms with van der Waals surface area (Å²) in [6, 6.07) is 5.96. The Morgan fingerprint density at radius 3 is 2.74 bits per heavy atom. The first-order chi connectivity index (χ1) is 9.10. The number of nitriles is 1. The number of carbonyl (C=O) groups is 1. The van der Waals surface area contributed by atoms with Crippen LogP contribution in [-0.2, 0) is 0 Å². The standard InChI is InChI=1S/C12H6ClN3O3/c13-7-1-2-9(12(17)18)10(3-7)19-11-6-15-8(4-14)5-16-11/h1-3,5-6H,(H,17,18). The van der Waals surface area contributed by atoms with E-state index in [4.69, 9.17) is 26.7 Å². The van der Waals surface area contributed by atoms with E-state index in [1.54, 1.807) is 0 Å². The maximum atomic E-state index is 11.0. The molecule has 1 N–H and O–H groups in total. The third kappa shape index (κ3) is 2.97. The molecule has 94 valence electrons. The van der Waals surface area contributed by atoms with Crippen LogP contribution in [0.1, 0.15) is 16.1 Å². The molecule has 19 heavy (non-hydrogen) atoms. The summed E-state index contributed by atoms with van der Waals surface area (Å²) in [5, 5.41) is 17.9. The molecule has 0 saturated heterocycles. The molecule has 0 amide bonds. The van der Waals surface area contributed by atoms with E-state index in [1.165, 1.54) is 30.6 Å². The number of aromatic carboxylic acids is 1. The quantitative estimate of drug-likeness (QED) is 0.924. The largest absolute Gasteiger partial charge is 0.478 e. The smallest absolute Gasteiger partial charge is 0.339 e. The van der Waals surface area contributed by atoms with E-state index >= 15 is 0 Å². The van der Waals surface area contributed by atoms with Gasteiger partial charge in [0.2, 0.25) is 5.88 Å². The number of ether oxygens (including phenoxy) is 1. The van der Waals surface area contributed by atoms with Gasteiger partial charge in [0.05, 0.1) is 12.4 Å². The summed E-state index contributed by atoms with van der Waals surface area (Å²) >= 11 is 5.78. The summed E-state index contributed by atoms with van der Waals surface area (Å²) in [5.41, 5.74) is 0.0902. The van der Waals surface area contributed by atoms with Crippen molar-refractivity contribution in [2.45, 2.75) is 0 Å². The van der Waals surface area contributed by atoms with Crippen LogP contribution in [-0.4, -0.2) is 21.0 Å². The lowest BCUT2D eigenvalue weighted by Crippen LogP contribution is -2.01. The van der Waals surface area contributed by atoms with Gasteiger partial charge in [-0.05, 0) is 12.1 Å². The van der Waals surface area contributed by atoms with Crippen molar-refractivity contribution in [1.29, 1.82) is 5.26 Å². The number of rotatable bonds is 3. The topological polar surface area (TPSA) is 96.1 Å². The normalized spacial score (nSPS) is 9.68. The molecule has 0 saturated carbocycles. The van der Waals surface area contributed by atoms with Gasteiger partial charge in [-0.3, -0.25) is 0 Å². The van der Waals surface area contributed by atoms with Gasteiger partial charge >= 0.3 is 5.97 Å². The van der Waals surface area contributed by atoms with Crippen molar-refractivity contribution in [3.05, 3.63) is 46.9 Å². The van der Waals surface area contributed by atoms with Gasteiger partial charge in [0.15, 0.2) is 5.69 Å². The van der Waals surface area contributed by atoms with Crippen molar-refractivity contribution >= 4 is 17.6 Å². The first-order valence-electron chi connectivity index (χ1n) is 5.03. The lowest BCUT2D eigenvalue weighted by Gasteiger charge is -2.07. The molecule has 0 unspecified atom stereocenters. The fourth-order valence-corrected chi connectivity index (χ4v) is 1.46. The number of hydrogen-bond donors (Lipinski definition) is 1. The number of carboxylic acid groups (broad SMARTS) is 1. The molecule has 2 rings (SSSR count). The lowest BCUT2D eigenvalue weighted by atomic mass is 10.2. The number of aromatic nitrogens is 2. The fraction of sp³-hybridized carbons (Fsp3) is 0. The van der Waals surface area contributed by atoms with Gasteiger partial charge in [-0.2, -0.15) is 5.26 Å². The molecular formula is C12H6ClN3O3. The molecule has 1 aromatic heterocycles. The van der Waals surface area contributed by atoms with Crippen molar-refractivity contribution in [2.24, 2.45) is 0 Å².